The van der Waals surface area contributed by atoms with Crippen molar-refractivity contribution in [2.24, 2.45) is 22.7 Å². The molecule has 0 radical (unpaired) electrons. The molecule has 2 aromatic rings. The van der Waals surface area contributed by atoms with Gasteiger partial charge in [0, 0.05) is 19.6 Å². The van der Waals surface area contributed by atoms with Gasteiger partial charge in [0.25, 0.3) is 0 Å². The monoisotopic (exact) mass is 363 g/mol. The molecule has 1 amide bonds. The highest BCUT2D eigenvalue weighted by Crippen LogP contribution is 2.70. The van der Waals surface area contributed by atoms with Gasteiger partial charge in [-0.25, -0.2) is 0 Å². The van der Waals surface area contributed by atoms with E-state index in [2.05, 4.69) is 61.6 Å². The third-order valence-electron chi connectivity index (χ3n) is 7.98. The highest BCUT2D eigenvalue weighted by molar-refractivity contribution is 5.86. The van der Waals surface area contributed by atoms with Crippen LogP contribution in [-0.4, -0.2) is 18.6 Å². The van der Waals surface area contributed by atoms with Crippen LogP contribution in [0.25, 0.3) is 10.8 Å². The van der Waals surface area contributed by atoms with E-state index in [-0.39, 0.29) is 28.9 Å². The summed E-state index contributed by atoms with van der Waals surface area (Å²) in [6, 6.07) is 15.5. The maximum absolute atomic E-state index is 12.0. The van der Waals surface area contributed by atoms with Gasteiger partial charge in [-0.15, -0.1) is 0 Å². The Hall–Kier alpha value is -1.87. The first-order valence-electron chi connectivity index (χ1n) is 10.3. The smallest absolute Gasteiger partial charge is 0.217 e. The van der Waals surface area contributed by atoms with Crippen LogP contribution in [0.1, 0.15) is 51.7 Å². The Balaban J connectivity index is 1.59. The molecule has 2 bridgehead atoms. The number of carbonyl (C=O) groups excluding carboxylic acids is 1. The first kappa shape index (κ1) is 17.2. The summed E-state index contributed by atoms with van der Waals surface area (Å²) in [7, 11) is 0. The molecule has 1 aliphatic heterocycles. The van der Waals surface area contributed by atoms with Gasteiger partial charge < -0.3 is 10.1 Å². The fourth-order valence-electron chi connectivity index (χ4n) is 6.80. The van der Waals surface area contributed by atoms with E-state index in [4.69, 9.17) is 4.74 Å². The minimum Gasteiger partial charge on any atom is -0.373 e. The minimum atomic E-state index is 0.0990. The molecule has 1 N–H and O–H groups in total. The highest BCUT2D eigenvalue weighted by Gasteiger charge is 2.68. The standard InChI is InChI=1S/C24H29NO2/c1-15(26)25-22-23(2,3)17-13-20-21(27-12-11-24(20,22)14-17)19-10-6-8-16-7-4-5-9-18(16)19/h4-10,17,20-22H,11-14H2,1-3H3,(H,25,26)/t17-,20-,21-,22-,24?/m1/s1. The molecule has 1 unspecified atom stereocenters. The Labute approximate surface area is 161 Å². The van der Waals surface area contributed by atoms with Crippen LogP contribution in [-0.2, 0) is 9.53 Å². The lowest BCUT2D eigenvalue weighted by molar-refractivity contribution is -0.135. The predicted octanol–water partition coefficient (Wildman–Crippen LogP) is 4.86. The van der Waals surface area contributed by atoms with Crippen molar-refractivity contribution >= 4 is 16.7 Å². The lowest BCUT2D eigenvalue weighted by Crippen LogP contribution is -2.58. The quantitative estimate of drug-likeness (QED) is 0.828. The van der Waals surface area contributed by atoms with Crippen LogP contribution in [0.3, 0.4) is 0 Å². The molecule has 5 rings (SSSR count). The molecule has 27 heavy (non-hydrogen) atoms. The summed E-state index contributed by atoms with van der Waals surface area (Å²) in [5.74, 6) is 1.23. The van der Waals surface area contributed by atoms with E-state index in [9.17, 15) is 4.79 Å². The number of fused-ring (bicyclic) bond motifs is 2. The molecule has 3 heteroatoms. The Morgan fingerprint density at radius 1 is 1.15 bits per heavy atom. The number of benzene rings is 2. The summed E-state index contributed by atoms with van der Waals surface area (Å²) in [6.07, 6.45) is 3.61. The van der Waals surface area contributed by atoms with Crippen LogP contribution >= 0.6 is 0 Å². The Morgan fingerprint density at radius 2 is 1.93 bits per heavy atom. The summed E-state index contributed by atoms with van der Waals surface area (Å²) >= 11 is 0. The molecule has 3 aliphatic rings. The summed E-state index contributed by atoms with van der Waals surface area (Å²) in [4.78, 5) is 12.0. The van der Waals surface area contributed by atoms with E-state index in [1.54, 1.807) is 6.92 Å². The maximum Gasteiger partial charge on any atom is 0.217 e. The van der Waals surface area contributed by atoms with Crippen molar-refractivity contribution in [3.05, 3.63) is 48.0 Å². The van der Waals surface area contributed by atoms with Crippen LogP contribution in [0.4, 0.5) is 0 Å². The van der Waals surface area contributed by atoms with E-state index in [0.29, 0.717) is 11.8 Å². The van der Waals surface area contributed by atoms with Crippen molar-refractivity contribution in [2.45, 2.75) is 52.2 Å². The van der Waals surface area contributed by atoms with Gasteiger partial charge in [-0.3, -0.25) is 4.79 Å². The van der Waals surface area contributed by atoms with Gasteiger partial charge in [0.1, 0.15) is 0 Å². The molecule has 2 saturated carbocycles. The van der Waals surface area contributed by atoms with Crippen LogP contribution in [0.5, 0.6) is 0 Å². The van der Waals surface area contributed by atoms with Crippen molar-refractivity contribution in [3.63, 3.8) is 0 Å². The SMILES string of the molecule is CC(=O)N[C@@H]1C(C)(C)[C@@H]2C[C@@H]3[C@@H](c4cccc5ccccc45)OCCC31C2. The average Bonchev–Trinajstić information content (AvgIpc) is 3.14. The molecule has 3 nitrogen and oxygen atoms in total. The molecule has 1 heterocycles. The maximum atomic E-state index is 12.0. The molecule has 5 atom stereocenters. The van der Waals surface area contributed by atoms with Gasteiger partial charge in [-0.1, -0.05) is 56.3 Å². The van der Waals surface area contributed by atoms with Crippen molar-refractivity contribution in [2.75, 3.05) is 6.61 Å². The van der Waals surface area contributed by atoms with E-state index >= 15 is 0 Å². The van der Waals surface area contributed by atoms with Gasteiger partial charge in [0.05, 0.1) is 6.10 Å². The van der Waals surface area contributed by atoms with Crippen molar-refractivity contribution in [1.82, 2.24) is 5.32 Å². The van der Waals surface area contributed by atoms with E-state index < -0.39 is 0 Å². The van der Waals surface area contributed by atoms with Gasteiger partial charge in [0.15, 0.2) is 0 Å². The first-order valence-corrected chi connectivity index (χ1v) is 10.3. The zero-order chi connectivity index (χ0) is 18.8. The lowest BCUT2D eigenvalue weighted by Gasteiger charge is -2.53. The molecule has 3 fully saturated rings. The minimum absolute atomic E-state index is 0.0990. The molecule has 0 aromatic heterocycles. The van der Waals surface area contributed by atoms with Gasteiger partial charge >= 0.3 is 0 Å². The van der Waals surface area contributed by atoms with Crippen molar-refractivity contribution in [1.29, 1.82) is 0 Å². The first-order chi connectivity index (χ1) is 12.9. The molecule has 2 aliphatic carbocycles. The second-order valence-corrected chi connectivity index (χ2v) is 9.54. The predicted molar refractivity (Wildman–Crippen MR) is 107 cm³/mol. The third kappa shape index (κ3) is 2.34. The molecular formula is C24H29NO2. The molecular weight excluding hydrogens is 334 g/mol. The number of hydrogen-bond acceptors (Lipinski definition) is 2. The number of nitrogens with one attached hydrogen (secondary N) is 1. The fraction of sp³-hybridized carbons (Fsp3) is 0.542. The highest BCUT2D eigenvalue weighted by atomic mass is 16.5. The average molecular weight is 364 g/mol. The lowest BCUT2D eigenvalue weighted by atomic mass is 9.58. The summed E-state index contributed by atoms with van der Waals surface area (Å²) < 4.78 is 6.44. The van der Waals surface area contributed by atoms with E-state index in [1.165, 1.54) is 29.2 Å². The van der Waals surface area contributed by atoms with Crippen LogP contribution in [0.2, 0.25) is 0 Å². The summed E-state index contributed by atoms with van der Waals surface area (Å²) in [5, 5.41) is 5.95. The number of amides is 1. The van der Waals surface area contributed by atoms with Crippen molar-refractivity contribution in [3.8, 4) is 0 Å². The zero-order valence-electron chi connectivity index (χ0n) is 16.5. The number of carbonyl (C=O) groups is 1. The molecule has 2 aromatic carbocycles. The second-order valence-electron chi connectivity index (χ2n) is 9.54. The van der Waals surface area contributed by atoms with Gasteiger partial charge in [-0.2, -0.15) is 0 Å². The topological polar surface area (TPSA) is 38.3 Å². The number of rotatable bonds is 2. The Bertz CT molecular complexity index is 899. The number of ether oxygens (including phenoxy) is 1. The van der Waals surface area contributed by atoms with Crippen molar-refractivity contribution < 1.29 is 9.53 Å². The largest absolute Gasteiger partial charge is 0.373 e. The molecule has 1 saturated heterocycles. The molecule has 142 valence electrons. The van der Waals surface area contributed by atoms with Crippen LogP contribution in [0.15, 0.2) is 42.5 Å². The Kier molecular flexibility index (Phi) is 3.71. The van der Waals surface area contributed by atoms with Crippen LogP contribution < -0.4 is 5.32 Å². The van der Waals surface area contributed by atoms with Gasteiger partial charge in [0.2, 0.25) is 5.91 Å². The Morgan fingerprint density at radius 3 is 2.74 bits per heavy atom. The summed E-state index contributed by atoms with van der Waals surface area (Å²) in [5.41, 5.74) is 1.65. The normalized spacial score (nSPS) is 36.6. The van der Waals surface area contributed by atoms with E-state index in [1.807, 2.05) is 0 Å². The summed E-state index contributed by atoms with van der Waals surface area (Å²) in [6.45, 7) is 7.15. The second kappa shape index (κ2) is 5.81. The molecule has 1 spiro atoms. The third-order valence-corrected chi connectivity index (χ3v) is 7.98. The fourth-order valence-corrected chi connectivity index (χ4v) is 6.80. The van der Waals surface area contributed by atoms with Gasteiger partial charge in [-0.05, 0) is 58.3 Å². The zero-order valence-corrected chi connectivity index (χ0v) is 16.5. The van der Waals surface area contributed by atoms with E-state index in [0.717, 1.165) is 13.0 Å². The number of hydrogen-bond donors (Lipinski definition) is 1. The van der Waals surface area contributed by atoms with Crippen LogP contribution in [0, 0.1) is 22.7 Å².